The molecule has 2 N–H and O–H groups in total. The number of anilines is 1. The zero-order valence-corrected chi connectivity index (χ0v) is 28.0. The minimum atomic E-state index is 0.0125. The molecule has 0 saturated heterocycles. The number of benzene rings is 3. The highest BCUT2D eigenvalue weighted by molar-refractivity contribution is 6.23. The molecule has 1 heterocycles. The summed E-state index contributed by atoms with van der Waals surface area (Å²) in [4.78, 5) is 14.1. The number of amides is 1. The van der Waals surface area contributed by atoms with E-state index in [4.69, 9.17) is 4.74 Å². The summed E-state index contributed by atoms with van der Waals surface area (Å²) < 4.78 is 6.25. The van der Waals surface area contributed by atoms with E-state index in [-0.39, 0.29) is 5.91 Å². The Morgan fingerprint density at radius 2 is 1.67 bits per heavy atom. The summed E-state index contributed by atoms with van der Waals surface area (Å²) in [6.45, 7) is 7.25. The van der Waals surface area contributed by atoms with Crippen molar-refractivity contribution in [3.8, 4) is 22.6 Å². The molecule has 0 aromatic heterocycles. The highest BCUT2D eigenvalue weighted by Crippen LogP contribution is 2.38. The first kappa shape index (κ1) is 31.9. The van der Waals surface area contributed by atoms with Crippen LogP contribution >= 0.6 is 0 Å². The van der Waals surface area contributed by atoms with Crippen molar-refractivity contribution in [1.82, 2.24) is 5.32 Å². The molecule has 4 heteroatoms. The third kappa shape index (κ3) is 7.49. The Morgan fingerprint density at radius 1 is 0.848 bits per heavy atom. The number of allylic oxidation sites excluding steroid dienone is 4. The van der Waals surface area contributed by atoms with E-state index in [0.29, 0.717) is 6.54 Å². The number of para-hydroxylation sites is 1. The molecule has 3 aliphatic rings. The van der Waals surface area contributed by atoms with Gasteiger partial charge < -0.3 is 15.4 Å². The lowest BCUT2D eigenvalue weighted by Crippen LogP contribution is -2.29. The monoisotopic (exact) mass is 614 g/mol. The van der Waals surface area contributed by atoms with Crippen LogP contribution < -0.4 is 15.4 Å². The average Bonchev–Trinajstić information content (AvgIpc) is 3.62. The summed E-state index contributed by atoms with van der Waals surface area (Å²) in [5, 5.41) is 6.95. The van der Waals surface area contributed by atoms with Gasteiger partial charge in [0, 0.05) is 29.1 Å². The standard InChI is InChI=1S/C42H50N2O2/c1-4-29-23-35(26-38(24-29)46-37-17-8-7-9-18-37)34-20-22-40-39(27-34)41(32(6-3)28-43-40)42(45)44-36-21-19-33(31(5-2)25-36)16-12-15-30-13-10-11-14-30/h7-9,17-18,20,22-27,30,43H,4-6,10-16,19,21,28H2,1-3H3,(H,44,45). The van der Waals surface area contributed by atoms with Crippen LogP contribution in [0.2, 0.25) is 0 Å². The van der Waals surface area contributed by atoms with Crippen molar-refractivity contribution in [3.05, 3.63) is 106 Å². The molecular formula is C42H50N2O2. The minimum absolute atomic E-state index is 0.0125. The molecular weight excluding hydrogens is 564 g/mol. The zero-order chi connectivity index (χ0) is 31.9. The van der Waals surface area contributed by atoms with Gasteiger partial charge in [-0.3, -0.25) is 4.79 Å². The highest BCUT2D eigenvalue weighted by atomic mass is 16.5. The van der Waals surface area contributed by atoms with Gasteiger partial charge in [-0.15, -0.1) is 0 Å². The van der Waals surface area contributed by atoms with Crippen LogP contribution in [0.5, 0.6) is 11.5 Å². The Balaban J connectivity index is 1.24. The number of ether oxygens (including phenoxy) is 1. The van der Waals surface area contributed by atoms with E-state index in [0.717, 1.165) is 88.7 Å². The number of aryl methyl sites for hydroxylation is 1. The first-order valence-electron chi connectivity index (χ1n) is 17.7. The molecule has 1 fully saturated rings. The van der Waals surface area contributed by atoms with Crippen molar-refractivity contribution in [3.63, 3.8) is 0 Å². The molecule has 0 unspecified atom stereocenters. The van der Waals surface area contributed by atoms with Gasteiger partial charge in [0.1, 0.15) is 11.5 Å². The molecule has 3 aromatic rings. The van der Waals surface area contributed by atoms with Gasteiger partial charge in [-0.2, -0.15) is 0 Å². The van der Waals surface area contributed by atoms with Crippen molar-refractivity contribution in [2.75, 3.05) is 11.9 Å². The molecule has 0 radical (unpaired) electrons. The van der Waals surface area contributed by atoms with Crippen molar-refractivity contribution >= 4 is 17.2 Å². The maximum Gasteiger partial charge on any atom is 0.256 e. The Bertz CT molecular complexity index is 1640. The molecule has 0 spiro atoms. The maximum atomic E-state index is 14.1. The molecule has 0 bridgehead atoms. The van der Waals surface area contributed by atoms with Crippen molar-refractivity contribution < 1.29 is 9.53 Å². The molecule has 4 nitrogen and oxygen atoms in total. The first-order chi connectivity index (χ1) is 22.5. The first-order valence-corrected chi connectivity index (χ1v) is 17.7. The van der Waals surface area contributed by atoms with Gasteiger partial charge in [0.25, 0.3) is 5.91 Å². The largest absolute Gasteiger partial charge is 0.457 e. The number of carbonyl (C=O) groups excluding carboxylic acids is 1. The predicted molar refractivity (Wildman–Crippen MR) is 192 cm³/mol. The molecule has 46 heavy (non-hydrogen) atoms. The summed E-state index contributed by atoms with van der Waals surface area (Å²) in [6, 6.07) is 22.8. The van der Waals surface area contributed by atoms with E-state index < -0.39 is 0 Å². The van der Waals surface area contributed by atoms with Crippen LogP contribution in [0.1, 0.15) is 103 Å². The topological polar surface area (TPSA) is 50.4 Å². The number of carbonyl (C=O) groups is 1. The van der Waals surface area contributed by atoms with Crippen LogP contribution in [-0.4, -0.2) is 12.5 Å². The second-order valence-corrected chi connectivity index (χ2v) is 13.2. The Hall–Kier alpha value is -4.05. The van der Waals surface area contributed by atoms with E-state index in [2.05, 4.69) is 73.9 Å². The van der Waals surface area contributed by atoms with E-state index in [1.807, 2.05) is 30.3 Å². The molecule has 6 rings (SSSR count). The second-order valence-electron chi connectivity index (χ2n) is 13.2. The predicted octanol–water partition coefficient (Wildman–Crippen LogP) is 11.2. The van der Waals surface area contributed by atoms with E-state index >= 15 is 0 Å². The van der Waals surface area contributed by atoms with Crippen LogP contribution in [-0.2, 0) is 11.2 Å². The summed E-state index contributed by atoms with van der Waals surface area (Å²) in [5.74, 6) is 2.61. The van der Waals surface area contributed by atoms with Gasteiger partial charge in [0.2, 0.25) is 0 Å². The van der Waals surface area contributed by atoms with Gasteiger partial charge in [0.15, 0.2) is 0 Å². The second kappa shape index (κ2) is 15.0. The minimum Gasteiger partial charge on any atom is -0.457 e. The van der Waals surface area contributed by atoms with Crippen LogP contribution in [0.3, 0.4) is 0 Å². The molecule has 0 atom stereocenters. The fourth-order valence-electron chi connectivity index (χ4n) is 7.54. The SMILES string of the molecule is CCC1=C(CCCC2CCCC2)CCC(NC(=O)C2=C(CC)CNc3ccc(-c4cc(CC)cc(Oc5ccccc5)c4)cc32)=C1. The lowest BCUT2D eigenvalue weighted by molar-refractivity contribution is -0.115. The van der Waals surface area contributed by atoms with Gasteiger partial charge in [-0.1, -0.05) is 88.8 Å². The number of fused-ring (bicyclic) bond motifs is 1. The summed E-state index contributed by atoms with van der Waals surface area (Å²) in [7, 11) is 0. The summed E-state index contributed by atoms with van der Waals surface area (Å²) in [5.41, 5.74) is 11.4. The van der Waals surface area contributed by atoms with Crippen LogP contribution in [0.15, 0.2) is 95.2 Å². The van der Waals surface area contributed by atoms with Crippen LogP contribution in [0.4, 0.5) is 5.69 Å². The van der Waals surface area contributed by atoms with Crippen LogP contribution in [0, 0.1) is 5.92 Å². The third-order valence-corrected chi connectivity index (χ3v) is 10.2. The summed E-state index contributed by atoms with van der Waals surface area (Å²) in [6.07, 6.45) is 16.6. The lowest BCUT2D eigenvalue weighted by Gasteiger charge is -2.26. The quantitative estimate of drug-likeness (QED) is 0.213. The van der Waals surface area contributed by atoms with E-state index in [1.165, 1.54) is 56.1 Å². The normalized spacial score (nSPS) is 16.6. The number of hydrogen-bond acceptors (Lipinski definition) is 3. The number of nitrogens with one attached hydrogen (secondary N) is 2. The van der Waals surface area contributed by atoms with Crippen molar-refractivity contribution in [2.45, 2.75) is 97.8 Å². The molecule has 3 aromatic carbocycles. The third-order valence-electron chi connectivity index (χ3n) is 10.2. The Morgan fingerprint density at radius 3 is 2.43 bits per heavy atom. The fraction of sp³-hybridized carbons (Fsp3) is 0.405. The Kier molecular flexibility index (Phi) is 10.4. The van der Waals surface area contributed by atoms with Crippen molar-refractivity contribution in [1.29, 1.82) is 0 Å². The molecule has 1 saturated carbocycles. The van der Waals surface area contributed by atoms with Gasteiger partial charge in [0.05, 0.1) is 0 Å². The van der Waals surface area contributed by atoms with Gasteiger partial charge in [-0.05, 0) is 121 Å². The number of rotatable bonds is 12. The Labute approximate surface area is 276 Å². The molecule has 240 valence electrons. The molecule has 1 aliphatic heterocycles. The van der Waals surface area contributed by atoms with Gasteiger partial charge >= 0.3 is 0 Å². The average molecular weight is 615 g/mol. The van der Waals surface area contributed by atoms with Crippen molar-refractivity contribution in [2.24, 2.45) is 5.92 Å². The molecule has 1 amide bonds. The molecule has 2 aliphatic carbocycles. The fourth-order valence-corrected chi connectivity index (χ4v) is 7.54. The number of hydrogen-bond donors (Lipinski definition) is 2. The summed E-state index contributed by atoms with van der Waals surface area (Å²) >= 11 is 0. The smallest absolute Gasteiger partial charge is 0.256 e. The maximum absolute atomic E-state index is 14.1. The van der Waals surface area contributed by atoms with Gasteiger partial charge in [-0.25, -0.2) is 0 Å². The van der Waals surface area contributed by atoms with E-state index in [1.54, 1.807) is 5.57 Å². The van der Waals surface area contributed by atoms with Crippen LogP contribution in [0.25, 0.3) is 16.7 Å². The lowest BCUT2D eigenvalue weighted by atomic mass is 9.88. The van der Waals surface area contributed by atoms with E-state index in [9.17, 15) is 4.79 Å². The highest BCUT2D eigenvalue weighted by Gasteiger charge is 2.26. The zero-order valence-electron chi connectivity index (χ0n) is 28.0.